The predicted octanol–water partition coefficient (Wildman–Crippen LogP) is 4.38. The van der Waals surface area contributed by atoms with E-state index in [0.717, 1.165) is 40.6 Å². The van der Waals surface area contributed by atoms with Crippen molar-refractivity contribution >= 4 is 22.7 Å². The van der Waals surface area contributed by atoms with Crippen LogP contribution in [-0.4, -0.2) is 26.8 Å². The van der Waals surface area contributed by atoms with Crippen molar-refractivity contribution in [1.82, 2.24) is 9.55 Å². The number of amides is 1. The van der Waals surface area contributed by atoms with Gasteiger partial charge in [0, 0.05) is 36.4 Å². The van der Waals surface area contributed by atoms with Crippen LogP contribution in [0.25, 0.3) is 22.0 Å². The van der Waals surface area contributed by atoms with Gasteiger partial charge in [-0.2, -0.15) is 0 Å². The van der Waals surface area contributed by atoms with Crippen molar-refractivity contribution in [2.24, 2.45) is 12.5 Å². The first kappa shape index (κ1) is 18.3. The van der Waals surface area contributed by atoms with Crippen LogP contribution in [0.15, 0.2) is 41.5 Å². The molecule has 1 unspecified atom stereocenters. The normalized spacial score (nSPS) is 17.0. The summed E-state index contributed by atoms with van der Waals surface area (Å²) in [5.41, 5.74) is 4.11. The number of rotatable bonds is 1. The second-order valence-corrected chi connectivity index (χ2v) is 8.64. The Morgan fingerprint density at radius 2 is 2.00 bits per heavy atom. The summed E-state index contributed by atoms with van der Waals surface area (Å²) in [5, 5.41) is 10.7. The van der Waals surface area contributed by atoms with E-state index in [9.17, 15) is 14.7 Å². The van der Waals surface area contributed by atoms with Gasteiger partial charge in [0.1, 0.15) is 5.52 Å². The lowest BCUT2D eigenvalue weighted by atomic mass is 9.79. The van der Waals surface area contributed by atoms with Crippen LogP contribution < -0.4 is 10.5 Å². The average molecular weight is 379 g/mol. The lowest BCUT2D eigenvalue weighted by Crippen LogP contribution is -2.49. The molecule has 6 nitrogen and oxygen atoms in total. The van der Waals surface area contributed by atoms with E-state index in [0.29, 0.717) is 5.52 Å². The van der Waals surface area contributed by atoms with Gasteiger partial charge in [-0.1, -0.05) is 26.8 Å². The van der Waals surface area contributed by atoms with Gasteiger partial charge in [-0.15, -0.1) is 0 Å². The highest BCUT2D eigenvalue weighted by Crippen LogP contribution is 2.40. The lowest BCUT2D eigenvalue weighted by molar-refractivity contribution is 0.186. The number of hydrogen-bond acceptors (Lipinski definition) is 2. The Balaban J connectivity index is 1.86. The smallest absolute Gasteiger partial charge is 0.412 e. The number of fused-ring (bicyclic) bond motifs is 2. The van der Waals surface area contributed by atoms with Crippen molar-refractivity contribution in [3.05, 3.63) is 52.6 Å². The molecule has 1 aromatic carbocycles. The summed E-state index contributed by atoms with van der Waals surface area (Å²) in [4.78, 5) is 28.9. The van der Waals surface area contributed by atoms with Gasteiger partial charge in [0.2, 0.25) is 0 Å². The van der Waals surface area contributed by atoms with E-state index in [2.05, 4.69) is 31.8 Å². The zero-order valence-corrected chi connectivity index (χ0v) is 16.6. The highest BCUT2D eigenvalue weighted by molar-refractivity contribution is 5.95. The third-order valence-corrected chi connectivity index (χ3v) is 5.75. The largest absolute Gasteiger partial charge is 0.465 e. The van der Waals surface area contributed by atoms with Crippen molar-refractivity contribution in [1.29, 1.82) is 0 Å². The van der Waals surface area contributed by atoms with Gasteiger partial charge >= 0.3 is 6.09 Å². The molecule has 1 atom stereocenters. The van der Waals surface area contributed by atoms with Crippen LogP contribution in [-0.2, 0) is 13.5 Å². The molecule has 1 aliphatic rings. The third-order valence-electron chi connectivity index (χ3n) is 5.75. The Morgan fingerprint density at radius 3 is 2.68 bits per heavy atom. The number of H-pyrrole nitrogens is 1. The second-order valence-electron chi connectivity index (χ2n) is 8.64. The number of anilines is 1. The Bertz CT molecular complexity index is 1130. The van der Waals surface area contributed by atoms with Gasteiger partial charge < -0.3 is 14.7 Å². The maximum Gasteiger partial charge on any atom is 0.412 e. The highest BCUT2D eigenvalue weighted by Gasteiger charge is 2.38. The molecule has 6 heteroatoms. The van der Waals surface area contributed by atoms with Gasteiger partial charge in [-0.05, 0) is 47.6 Å². The molecule has 4 rings (SSSR count). The summed E-state index contributed by atoms with van der Waals surface area (Å²) in [6.45, 7) is 6.25. The summed E-state index contributed by atoms with van der Waals surface area (Å²) in [5.74, 6) is 0. The van der Waals surface area contributed by atoms with E-state index in [1.54, 1.807) is 17.8 Å². The summed E-state index contributed by atoms with van der Waals surface area (Å²) in [6.07, 6.45) is 4.32. The van der Waals surface area contributed by atoms with Crippen molar-refractivity contribution in [3.8, 4) is 11.1 Å². The van der Waals surface area contributed by atoms with E-state index in [-0.39, 0.29) is 17.0 Å². The summed E-state index contributed by atoms with van der Waals surface area (Å²) in [6, 6.07) is 7.77. The number of carbonyl (C=O) groups is 1. The van der Waals surface area contributed by atoms with E-state index >= 15 is 0 Å². The van der Waals surface area contributed by atoms with Crippen LogP contribution in [0.3, 0.4) is 0 Å². The van der Waals surface area contributed by atoms with Crippen LogP contribution >= 0.6 is 0 Å². The Hall–Kier alpha value is -3.02. The van der Waals surface area contributed by atoms with E-state index in [4.69, 9.17) is 0 Å². The standard InChI is InChI=1S/C22H25N3O3/c1-22(2,3)18-8-6-14-11-13(5-7-17(14)25(18)21(27)28)16-12-24(4)20(26)19-15(16)9-10-23-19/h5,7,9-12,18,23H,6,8H2,1-4H3,(H,27,28). The van der Waals surface area contributed by atoms with Gasteiger partial charge in [0.25, 0.3) is 5.56 Å². The number of aryl methyl sites for hydroxylation is 2. The first-order valence-corrected chi connectivity index (χ1v) is 9.50. The Morgan fingerprint density at radius 1 is 1.25 bits per heavy atom. The van der Waals surface area contributed by atoms with E-state index < -0.39 is 6.09 Å². The van der Waals surface area contributed by atoms with Crippen molar-refractivity contribution in [2.75, 3.05) is 4.90 Å². The number of hydrogen-bond donors (Lipinski definition) is 2. The van der Waals surface area contributed by atoms with Crippen LogP contribution in [0.2, 0.25) is 0 Å². The van der Waals surface area contributed by atoms with E-state index in [1.807, 2.05) is 24.4 Å². The number of nitrogens with zero attached hydrogens (tertiary/aromatic N) is 2. The molecular formula is C22H25N3O3. The first-order valence-electron chi connectivity index (χ1n) is 9.50. The zero-order chi connectivity index (χ0) is 20.2. The fourth-order valence-corrected chi connectivity index (χ4v) is 4.33. The molecular weight excluding hydrogens is 354 g/mol. The number of pyridine rings is 1. The quantitative estimate of drug-likeness (QED) is 0.659. The third kappa shape index (κ3) is 2.80. The number of benzene rings is 1. The minimum absolute atomic E-state index is 0.0581. The van der Waals surface area contributed by atoms with Crippen molar-refractivity contribution in [3.63, 3.8) is 0 Å². The molecule has 1 aliphatic heterocycles. The molecule has 0 aliphatic carbocycles. The van der Waals surface area contributed by atoms with Gasteiger partial charge in [-0.3, -0.25) is 9.69 Å². The molecule has 3 heterocycles. The number of carboxylic acid groups (broad SMARTS) is 1. The number of aromatic amines is 1. The molecule has 0 saturated carbocycles. The molecule has 0 bridgehead atoms. The highest BCUT2D eigenvalue weighted by atomic mass is 16.4. The zero-order valence-electron chi connectivity index (χ0n) is 16.6. The minimum atomic E-state index is -0.913. The van der Waals surface area contributed by atoms with Crippen LogP contribution in [0, 0.1) is 5.41 Å². The first-order chi connectivity index (χ1) is 13.2. The maximum atomic E-state index is 12.3. The van der Waals surface area contributed by atoms with Crippen molar-refractivity contribution < 1.29 is 9.90 Å². The number of nitrogens with one attached hydrogen (secondary N) is 1. The molecule has 0 radical (unpaired) electrons. The molecule has 0 spiro atoms. The second kappa shape index (κ2) is 6.26. The minimum Gasteiger partial charge on any atom is -0.465 e. The summed E-state index contributed by atoms with van der Waals surface area (Å²) >= 11 is 0. The Kier molecular flexibility index (Phi) is 4.10. The van der Waals surface area contributed by atoms with Crippen LogP contribution in [0.1, 0.15) is 32.8 Å². The molecule has 28 heavy (non-hydrogen) atoms. The molecule has 0 saturated heterocycles. The average Bonchev–Trinajstić information content (AvgIpc) is 3.12. The molecule has 2 aromatic heterocycles. The van der Waals surface area contributed by atoms with E-state index in [1.165, 1.54) is 4.90 Å². The molecule has 146 valence electrons. The predicted molar refractivity (Wildman–Crippen MR) is 111 cm³/mol. The maximum absolute atomic E-state index is 12.3. The summed E-state index contributed by atoms with van der Waals surface area (Å²) < 4.78 is 1.58. The van der Waals surface area contributed by atoms with Gasteiger partial charge in [-0.25, -0.2) is 4.79 Å². The topological polar surface area (TPSA) is 78.3 Å². The molecule has 3 aromatic rings. The lowest BCUT2D eigenvalue weighted by Gasteiger charge is -2.42. The Labute approximate surface area is 163 Å². The SMILES string of the molecule is Cn1cc(-c2ccc3c(c2)CCC(C(C)(C)C)N3C(=O)O)c2cc[nH]c2c1=O. The monoisotopic (exact) mass is 379 g/mol. The van der Waals surface area contributed by atoms with Crippen molar-refractivity contribution in [2.45, 2.75) is 39.7 Å². The summed E-state index contributed by atoms with van der Waals surface area (Å²) in [7, 11) is 1.74. The molecule has 2 N–H and O–H groups in total. The van der Waals surface area contributed by atoms with Gasteiger partial charge in [0.15, 0.2) is 0 Å². The number of aromatic nitrogens is 2. The fourth-order valence-electron chi connectivity index (χ4n) is 4.33. The molecule has 0 fully saturated rings. The molecule has 1 amide bonds. The van der Waals surface area contributed by atoms with Crippen LogP contribution in [0.4, 0.5) is 10.5 Å². The van der Waals surface area contributed by atoms with Gasteiger partial charge in [0.05, 0.1) is 5.69 Å². The fraction of sp³-hybridized carbons (Fsp3) is 0.364. The van der Waals surface area contributed by atoms with Crippen LogP contribution in [0.5, 0.6) is 0 Å².